The molecule has 15 heavy (non-hydrogen) atoms. The second-order valence-corrected chi connectivity index (χ2v) is 3.93. The van der Waals surface area contributed by atoms with E-state index in [2.05, 4.69) is 20.9 Å². The van der Waals surface area contributed by atoms with Gasteiger partial charge >= 0.3 is 0 Å². The Bertz CT molecular complexity index is 375. The fourth-order valence-electron chi connectivity index (χ4n) is 1.18. The second kappa shape index (κ2) is 4.97. The van der Waals surface area contributed by atoms with Gasteiger partial charge in [-0.2, -0.15) is 0 Å². The molecule has 0 aliphatic heterocycles. The summed E-state index contributed by atoms with van der Waals surface area (Å²) in [5.74, 6) is -0.752. The normalized spacial score (nSPS) is 10.0. The van der Waals surface area contributed by atoms with Crippen molar-refractivity contribution >= 4 is 27.7 Å². The smallest absolute Gasteiger partial charge is 0.270 e. The van der Waals surface area contributed by atoms with Crippen molar-refractivity contribution in [3.63, 3.8) is 0 Å². The van der Waals surface area contributed by atoms with Gasteiger partial charge in [-0.25, -0.2) is 0 Å². The maximum Gasteiger partial charge on any atom is 0.270 e. The van der Waals surface area contributed by atoms with Crippen LogP contribution in [0, 0.1) is 0 Å². The first-order valence-electron chi connectivity index (χ1n) is 4.46. The Morgan fingerprint density at radius 3 is 2.67 bits per heavy atom. The van der Waals surface area contributed by atoms with E-state index in [0.717, 1.165) is 4.47 Å². The molecule has 6 heteroatoms. The van der Waals surface area contributed by atoms with Gasteiger partial charge in [0.25, 0.3) is 5.91 Å². The van der Waals surface area contributed by atoms with Crippen molar-refractivity contribution < 1.29 is 9.59 Å². The van der Waals surface area contributed by atoms with Crippen molar-refractivity contribution in [2.45, 2.75) is 6.92 Å². The summed E-state index contributed by atoms with van der Waals surface area (Å²) in [6.07, 6.45) is 1.66. The molecule has 0 aliphatic carbocycles. The van der Waals surface area contributed by atoms with Crippen LogP contribution in [0.15, 0.2) is 16.7 Å². The summed E-state index contributed by atoms with van der Waals surface area (Å²) in [5.41, 5.74) is 5.47. The number of aromatic amines is 1. The van der Waals surface area contributed by atoms with Crippen LogP contribution in [-0.2, 0) is 4.79 Å². The number of aromatic nitrogens is 1. The van der Waals surface area contributed by atoms with Crippen LogP contribution in [0.1, 0.15) is 17.4 Å². The first kappa shape index (κ1) is 11.8. The topological polar surface area (TPSA) is 79.2 Å². The Labute approximate surface area is 95.8 Å². The first-order valence-corrected chi connectivity index (χ1v) is 5.25. The zero-order valence-corrected chi connectivity index (χ0v) is 9.87. The van der Waals surface area contributed by atoms with Crippen LogP contribution in [0.3, 0.4) is 0 Å². The lowest BCUT2D eigenvalue weighted by molar-refractivity contribution is -0.118. The molecule has 5 nitrogen and oxygen atoms in total. The molecule has 0 saturated heterocycles. The number of rotatable bonds is 4. The van der Waals surface area contributed by atoms with Gasteiger partial charge in [0.1, 0.15) is 5.69 Å². The van der Waals surface area contributed by atoms with E-state index in [-0.39, 0.29) is 12.5 Å². The highest BCUT2D eigenvalue weighted by Gasteiger charge is 2.17. The molecule has 3 N–H and O–H groups in total. The number of halogens is 1. The minimum atomic E-state index is -0.518. The van der Waals surface area contributed by atoms with Crippen molar-refractivity contribution in [3.8, 4) is 0 Å². The van der Waals surface area contributed by atoms with Crippen molar-refractivity contribution in [1.29, 1.82) is 0 Å². The van der Waals surface area contributed by atoms with E-state index in [1.165, 1.54) is 4.90 Å². The molecule has 0 bridgehead atoms. The lowest BCUT2D eigenvalue weighted by Gasteiger charge is -2.17. The number of amides is 2. The highest BCUT2D eigenvalue weighted by atomic mass is 79.9. The molecular formula is C9H12BrN3O2. The average molecular weight is 274 g/mol. The van der Waals surface area contributed by atoms with Gasteiger partial charge in [-0.1, -0.05) is 0 Å². The molecule has 1 heterocycles. The van der Waals surface area contributed by atoms with Gasteiger partial charge < -0.3 is 15.6 Å². The third-order valence-corrected chi connectivity index (χ3v) is 2.35. The number of carbonyl (C=O) groups excluding carboxylic acids is 2. The molecular weight excluding hydrogens is 262 g/mol. The summed E-state index contributed by atoms with van der Waals surface area (Å²) in [4.78, 5) is 26.7. The molecule has 1 aromatic rings. The van der Waals surface area contributed by atoms with Crippen molar-refractivity contribution in [2.75, 3.05) is 13.1 Å². The van der Waals surface area contributed by atoms with Crippen LogP contribution in [0.25, 0.3) is 0 Å². The molecule has 0 spiro atoms. The summed E-state index contributed by atoms with van der Waals surface area (Å²) in [5, 5.41) is 0. The molecule has 0 atom stereocenters. The summed E-state index contributed by atoms with van der Waals surface area (Å²) in [7, 11) is 0. The zero-order chi connectivity index (χ0) is 11.4. The van der Waals surface area contributed by atoms with Crippen molar-refractivity contribution in [1.82, 2.24) is 9.88 Å². The fourth-order valence-corrected chi connectivity index (χ4v) is 1.52. The third-order valence-electron chi connectivity index (χ3n) is 1.89. The van der Waals surface area contributed by atoms with Gasteiger partial charge in [0.15, 0.2) is 0 Å². The second-order valence-electron chi connectivity index (χ2n) is 3.02. The minimum Gasteiger partial charge on any atom is -0.368 e. The van der Waals surface area contributed by atoms with Crippen LogP contribution in [-0.4, -0.2) is 34.8 Å². The first-order chi connectivity index (χ1) is 7.04. The Morgan fingerprint density at radius 1 is 1.60 bits per heavy atom. The van der Waals surface area contributed by atoms with Gasteiger partial charge in [-0.05, 0) is 28.9 Å². The Kier molecular flexibility index (Phi) is 3.90. The number of carbonyl (C=O) groups is 2. The zero-order valence-electron chi connectivity index (χ0n) is 8.29. The number of primary amides is 1. The average Bonchev–Trinajstić information content (AvgIpc) is 2.60. The summed E-state index contributed by atoms with van der Waals surface area (Å²) in [6, 6.07) is 1.66. The highest BCUT2D eigenvalue weighted by Crippen LogP contribution is 2.12. The summed E-state index contributed by atoms with van der Waals surface area (Å²) in [6.45, 7) is 2.17. The van der Waals surface area contributed by atoms with Gasteiger partial charge in [-0.15, -0.1) is 0 Å². The summed E-state index contributed by atoms with van der Waals surface area (Å²) < 4.78 is 0.793. The quantitative estimate of drug-likeness (QED) is 0.848. The van der Waals surface area contributed by atoms with E-state index in [0.29, 0.717) is 12.2 Å². The third kappa shape index (κ3) is 3.09. The molecule has 1 aromatic heterocycles. The molecule has 82 valence electrons. The monoisotopic (exact) mass is 273 g/mol. The van der Waals surface area contributed by atoms with Crippen LogP contribution in [0.4, 0.5) is 0 Å². The fraction of sp³-hybridized carbons (Fsp3) is 0.333. The molecule has 0 saturated carbocycles. The van der Waals surface area contributed by atoms with Crippen LogP contribution >= 0.6 is 15.9 Å². The highest BCUT2D eigenvalue weighted by molar-refractivity contribution is 9.10. The number of nitrogens with two attached hydrogens (primary N) is 1. The standard InChI is InChI=1S/C9H12BrN3O2/c1-2-13(5-8(11)14)9(15)7-3-6(10)4-12-7/h3-4,12H,2,5H2,1H3,(H2,11,14). The van der Waals surface area contributed by atoms with Crippen LogP contribution in [0.2, 0.25) is 0 Å². The number of nitrogens with one attached hydrogen (secondary N) is 1. The minimum absolute atomic E-state index is 0.0635. The molecule has 0 aliphatic rings. The van der Waals surface area contributed by atoms with Gasteiger partial charge in [0, 0.05) is 17.2 Å². The number of nitrogens with zero attached hydrogens (tertiary/aromatic N) is 1. The van der Waals surface area contributed by atoms with E-state index < -0.39 is 5.91 Å². The molecule has 0 unspecified atom stereocenters. The lowest BCUT2D eigenvalue weighted by Crippen LogP contribution is -2.38. The van der Waals surface area contributed by atoms with E-state index >= 15 is 0 Å². The summed E-state index contributed by atoms with van der Waals surface area (Å²) >= 11 is 3.23. The van der Waals surface area contributed by atoms with E-state index in [9.17, 15) is 9.59 Å². The molecule has 0 radical (unpaired) electrons. The molecule has 1 rings (SSSR count). The molecule has 0 aromatic carbocycles. The molecule has 0 fully saturated rings. The Morgan fingerprint density at radius 2 is 2.27 bits per heavy atom. The van der Waals surface area contributed by atoms with E-state index in [1.54, 1.807) is 19.2 Å². The van der Waals surface area contributed by atoms with Crippen molar-refractivity contribution in [2.24, 2.45) is 5.73 Å². The number of likely N-dealkylation sites (N-methyl/N-ethyl adjacent to an activating group) is 1. The Balaban J connectivity index is 2.77. The van der Waals surface area contributed by atoms with Gasteiger partial charge in [0.05, 0.1) is 6.54 Å². The van der Waals surface area contributed by atoms with E-state index in [1.807, 2.05) is 0 Å². The maximum atomic E-state index is 11.8. The number of hydrogen-bond donors (Lipinski definition) is 2. The predicted molar refractivity (Wildman–Crippen MR) is 59.3 cm³/mol. The van der Waals surface area contributed by atoms with E-state index in [4.69, 9.17) is 5.73 Å². The van der Waals surface area contributed by atoms with Gasteiger partial charge in [0.2, 0.25) is 5.91 Å². The largest absolute Gasteiger partial charge is 0.368 e. The van der Waals surface area contributed by atoms with Crippen LogP contribution < -0.4 is 5.73 Å². The maximum absolute atomic E-state index is 11.8. The van der Waals surface area contributed by atoms with Crippen LogP contribution in [0.5, 0.6) is 0 Å². The predicted octanol–water partition coefficient (Wildman–Crippen LogP) is 0.725. The Hall–Kier alpha value is -1.30. The van der Waals surface area contributed by atoms with Crippen molar-refractivity contribution in [3.05, 3.63) is 22.4 Å². The number of H-pyrrole nitrogens is 1. The van der Waals surface area contributed by atoms with Gasteiger partial charge in [-0.3, -0.25) is 9.59 Å². The molecule has 2 amide bonds. The SMILES string of the molecule is CCN(CC(N)=O)C(=O)c1cc(Br)c[nH]1. The number of hydrogen-bond acceptors (Lipinski definition) is 2. The lowest BCUT2D eigenvalue weighted by atomic mass is 10.3.